The monoisotopic (exact) mass is 358 g/mol. The van der Waals surface area contributed by atoms with Gasteiger partial charge in [-0.25, -0.2) is 0 Å². The lowest BCUT2D eigenvalue weighted by atomic mass is 9.98. The van der Waals surface area contributed by atoms with Gasteiger partial charge in [-0.3, -0.25) is 9.59 Å². The number of likely N-dealkylation sites (tertiary alicyclic amines) is 1. The molecular formula is C20H26N2O2S. The Kier molecular flexibility index (Phi) is 4.76. The van der Waals surface area contributed by atoms with Crippen molar-refractivity contribution < 1.29 is 9.59 Å². The van der Waals surface area contributed by atoms with E-state index in [2.05, 4.69) is 4.90 Å². The molecule has 2 heterocycles. The zero-order chi connectivity index (χ0) is 17.3. The van der Waals surface area contributed by atoms with E-state index in [1.807, 2.05) is 47.0 Å². The van der Waals surface area contributed by atoms with Gasteiger partial charge in [0.25, 0.3) is 5.91 Å². The van der Waals surface area contributed by atoms with Gasteiger partial charge < -0.3 is 9.80 Å². The predicted octanol–water partition coefficient (Wildman–Crippen LogP) is 3.38. The fourth-order valence-corrected chi connectivity index (χ4v) is 6.01. The lowest BCUT2D eigenvalue weighted by molar-refractivity contribution is -0.138. The molecule has 2 aliphatic heterocycles. The number of carbonyl (C=O) groups excluding carboxylic acids is 2. The smallest absolute Gasteiger partial charge is 0.253 e. The van der Waals surface area contributed by atoms with Gasteiger partial charge in [-0.15, -0.1) is 11.8 Å². The highest BCUT2D eigenvalue weighted by Crippen LogP contribution is 2.45. The van der Waals surface area contributed by atoms with Crippen LogP contribution in [0, 0.1) is 5.92 Å². The standard InChI is InChI=1S/C20H26N2O2S/c23-18(16-6-2-1-3-7-16)21-12-10-20(11-13-21)22(14-15-25-20)19(24)17-8-4-5-9-17/h1-3,6-7,17H,4-5,8-15H2. The van der Waals surface area contributed by atoms with Crippen LogP contribution in [0.4, 0.5) is 0 Å². The van der Waals surface area contributed by atoms with Crippen LogP contribution >= 0.6 is 11.8 Å². The van der Waals surface area contributed by atoms with Gasteiger partial charge in [0.05, 0.1) is 4.87 Å². The quantitative estimate of drug-likeness (QED) is 0.814. The Morgan fingerprint density at radius 3 is 2.36 bits per heavy atom. The third kappa shape index (κ3) is 3.19. The van der Waals surface area contributed by atoms with E-state index in [0.29, 0.717) is 5.91 Å². The Morgan fingerprint density at radius 1 is 1.00 bits per heavy atom. The second-order valence-corrected chi connectivity index (χ2v) is 8.88. The minimum atomic E-state index is -0.0624. The number of hydrogen-bond acceptors (Lipinski definition) is 3. The lowest BCUT2D eigenvalue weighted by Gasteiger charge is -2.44. The summed E-state index contributed by atoms with van der Waals surface area (Å²) in [5.74, 6) is 1.78. The number of nitrogens with zero attached hydrogens (tertiary/aromatic N) is 2. The molecule has 1 aromatic rings. The molecule has 0 atom stereocenters. The molecule has 2 amide bonds. The SMILES string of the molecule is O=C(c1ccccc1)N1CCC2(CC1)SCCN2C(=O)C1CCCC1. The molecule has 0 N–H and O–H groups in total. The third-order valence-corrected chi connectivity index (χ3v) is 7.55. The highest BCUT2D eigenvalue weighted by atomic mass is 32.2. The summed E-state index contributed by atoms with van der Waals surface area (Å²) < 4.78 is 0. The zero-order valence-electron chi connectivity index (χ0n) is 14.7. The summed E-state index contributed by atoms with van der Waals surface area (Å²) in [6.07, 6.45) is 6.32. The first kappa shape index (κ1) is 17.0. The fraction of sp³-hybridized carbons (Fsp3) is 0.600. The average molecular weight is 359 g/mol. The van der Waals surface area contributed by atoms with E-state index in [1.165, 1.54) is 12.8 Å². The fourth-order valence-electron chi connectivity index (χ4n) is 4.55. The Bertz CT molecular complexity index is 634. The largest absolute Gasteiger partial charge is 0.338 e. The summed E-state index contributed by atoms with van der Waals surface area (Å²) in [5.41, 5.74) is 0.761. The highest BCUT2D eigenvalue weighted by Gasteiger charge is 2.48. The molecule has 4 rings (SSSR count). The van der Waals surface area contributed by atoms with Crippen LogP contribution in [0.15, 0.2) is 30.3 Å². The van der Waals surface area contributed by atoms with Crippen molar-refractivity contribution >= 4 is 23.6 Å². The zero-order valence-corrected chi connectivity index (χ0v) is 15.5. The van der Waals surface area contributed by atoms with Crippen LogP contribution in [0.2, 0.25) is 0 Å². The molecule has 2 saturated heterocycles. The van der Waals surface area contributed by atoms with E-state index in [1.54, 1.807) is 0 Å². The van der Waals surface area contributed by atoms with Gasteiger partial charge in [-0.1, -0.05) is 31.0 Å². The first-order valence-corrected chi connectivity index (χ1v) is 10.5. The molecule has 1 saturated carbocycles. The number of carbonyl (C=O) groups is 2. The summed E-state index contributed by atoms with van der Waals surface area (Å²) in [4.78, 5) is 29.7. The molecular weight excluding hydrogens is 332 g/mol. The van der Waals surface area contributed by atoms with Crippen molar-refractivity contribution in [2.24, 2.45) is 5.92 Å². The lowest BCUT2D eigenvalue weighted by Crippen LogP contribution is -2.54. The maximum atomic E-state index is 13.0. The first-order chi connectivity index (χ1) is 12.2. The van der Waals surface area contributed by atoms with Crippen LogP contribution in [-0.4, -0.2) is 51.9 Å². The van der Waals surface area contributed by atoms with Gasteiger partial charge in [0.2, 0.25) is 5.91 Å². The number of benzene rings is 1. The normalized spacial score (nSPS) is 23.4. The van der Waals surface area contributed by atoms with E-state index in [4.69, 9.17) is 0 Å². The van der Waals surface area contributed by atoms with Gasteiger partial charge >= 0.3 is 0 Å². The molecule has 3 aliphatic rings. The van der Waals surface area contributed by atoms with E-state index in [-0.39, 0.29) is 16.7 Å². The Labute approximate surface area is 153 Å². The van der Waals surface area contributed by atoms with Crippen molar-refractivity contribution in [1.82, 2.24) is 9.80 Å². The number of rotatable bonds is 2. The van der Waals surface area contributed by atoms with Gasteiger partial charge in [-0.05, 0) is 37.8 Å². The van der Waals surface area contributed by atoms with Crippen LogP contribution in [0.25, 0.3) is 0 Å². The molecule has 4 nitrogen and oxygen atoms in total. The number of piperidine rings is 1. The number of hydrogen-bond donors (Lipinski definition) is 0. The van der Waals surface area contributed by atoms with E-state index in [9.17, 15) is 9.59 Å². The Balaban J connectivity index is 1.43. The Hall–Kier alpha value is -1.49. The third-order valence-electron chi connectivity index (χ3n) is 6.00. The van der Waals surface area contributed by atoms with Crippen LogP contribution < -0.4 is 0 Å². The van der Waals surface area contributed by atoms with Crippen molar-refractivity contribution in [3.8, 4) is 0 Å². The molecule has 3 fully saturated rings. The van der Waals surface area contributed by atoms with Gasteiger partial charge in [0.15, 0.2) is 0 Å². The minimum absolute atomic E-state index is 0.0624. The van der Waals surface area contributed by atoms with E-state index >= 15 is 0 Å². The van der Waals surface area contributed by atoms with Crippen molar-refractivity contribution in [1.29, 1.82) is 0 Å². The van der Waals surface area contributed by atoms with Gasteiger partial charge in [-0.2, -0.15) is 0 Å². The molecule has 134 valence electrons. The minimum Gasteiger partial charge on any atom is -0.338 e. The summed E-state index contributed by atoms with van der Waals surface area (Å²) >= 11 is 1.94. The first-order valence-electron chi connectivity index (χ1n) is 9.49. The molecule has 5 heteroatoms. The van der Waals surface area contributed by atoms with Crippen LogP contribution in [-0.2, 0) is 4.79 Å². The second-order valence-electron chi connectivity index (χ2n) is 7.42. The number of amides is 2. The maximum Gasteiger partial charge on any atom is 0.253 e. The van der Waals surface area contributed by atoms with Crippen molar-refractivity contribution in [3.05, 3.63) is 35.9 Å². The van der Waals surface area contributed by atoms with Gasteiger partial charge in [0.1, 0.15) is 0 Å². The van der Waals surface area contributed by atoms with Crippen LogP contribution in [0.1, 0.15) is 48.9 Å². The Morgan fingerprint density at radius 2 is 1.68 bits per heavy atom. The summed E-state index contributed by atoms with van der Waals surface area (Å²) in [6.45, 7) is 2.37. The summed E-state index contributed by atoms with van der Waals surface area (Å²) in [5, 5.41) is 0. The topological polar surface area (TPSA) is 40.6 Å². The predicted molar refractivity (Wildman–Crippen MR) is 100 cm³/mol. The molecule has 1 spiro atoms. The van der Waals surface area contributed by atoms with Crippen LogP contribution in [0.5, 0.6) is 0 Å². The molecule has 1 aromatic carbocycles. The molecule has 1 aliphatic carbocycles. The average Bonchev–Trinajstić information content (AvgIpc) is 3.33. The van der Waals surface area contributed by atoms with Crippen molar-refractivity contribution in [2.75, 3.05) is 25.4 Å². The molecule has 0 aromatic heterocycles. The second kappa shape index (κ2) is 7.02. The molecule has 0 bridgehead atoms. The van der Waals surface area contributed by atoms with E-state index < -0.39 is 0 Å². The number of thioether (sulfide) groups is 1. The molecule has 25 heavy (non-hydrogen) atoms. The summed E-state index contributed by atoms with van der Waals surface area (Å²) in [7, 11) is 0. The highest BCUT2D eigenvalue weighted by molar-refractivity contribution is 8.00. The van der Waals surface area contributed by atoms with Gasteiger partial charge in [0, 0.05) is 36.9 Å². The molecule has 0 unspecified atom stereocenters. The van der Waals surface area contributed by atoms with Crippen LogP contribution in [0.3, 0.4) is 0 Å². The van der Waals surface area contributed by atoms with Crippen molar-refractivity contribution in [2.45, 2.75) is 43.4 Å². The summed E-state index contributed by atoms with van der Waals surface area (Å²) in [6, 6.07) is 9.52. The maximum absolute atomic E-state index is 13.0. The van der Waals surface area contributed by atoms with E-state index in [0.717, 1.165) is 56.6 Å². The molecule has 0 radical (unpaired) electrons. The van der Waals surface area contributed by atoms with Crippen molar-refractivity contribution in [3.63, 3.8) is 0 Å².